The number of unbranched alkanes of at least 4 members (excludes halogenated alkanes) is 1. The van der Waals surface area contributed by atoms with E-state index in [0.717, 1.165) is 18.4 Å². The van der Waals surface area contributed by atoms with Gasteiger partial charge in [-0.25, -0.2) is 4.79 Å². The summed E-state index contributed by atoms with van der Waals surface area (Å²) in [6.07, 6.45) is 6.90. The fourth-order valence-electron chi connectivity index (χ4n) is 1.86. The van der Waals surface area contributed by atoms with Crippen LogP contribution in [0, 0.1) is 0 Å². The molecule has 0 aliphatic heterocycles. The Bertz CT molecular complexity index is 555. The van der Waals surface area contributed by atoms with E-state index in [1.54, 1.807) is 18.6 Å². The van der Waals surface area contributed by atoms with Gasteiger partial charge in [0, 0.05) is 5.56 Å². The molecule has 0 radical (unpaired) electrons. The lowest BCUT2D eigenvalue weighted by atomic mass is 10.2. The summed E-state index contributed by atoms with van der Waals surface area (Å²) in [6.45, 7) is 3.14. The highest BCUT2D eigenvalue weighted by Gasteiger charge is 2.20. The molecule has 4 heteroatoms. The van der Waals surface area contributed by atoms with Crippen LogP contribution in [-0.4, -0.2) is 17.6 Å². The third-order valence-corrected chi connectivity index (χ3v) is 2.97. The van der Waals surface area contributed by atoms with Gasteiger partial charge < -0.3 is 4.74 Å². The summed E-state index contributed by atoms with van der Waals surface area (Å²) in [6, 6.07) is 9.99. The highest BCUT2D eigenvalue weighted by Crippen LogP contribution is 2.01. The first-order valence-corrected chi connectivity index (χ1v) is 6.85. The maximum Gasteiger partial charge on any atom is 0.405 e. The second-order valence-electron chi connectivity index (χ2n) is 4.56. The smallest absolute Gasteiger partial charge is 0.405 e. The van der Waals surface area contributed by atoms with Crippen LogP contribution in [0.1, 0.15) is 35.8 Å². The number of hydrogen-bond acceptors (Lipinski definition) is 3. The Balaban J connectivity index is 2.11. The van der Waals surface area contributed by atoms with Crippen molar-refractivity contribution in [1.29, 1.82) is 0 Å². The first-order chi connectivity index (χ1) is 9.81. The maximum absolute atomic E-state index is 12.0. The molecule has 0 fully saturated rings. The molecule has 4 nitrogen and oxygen atoms in total. The predicted octanol–water partition coefficient (Wildman–Crippen LogP) is 2.37. The molecule has 0 N–H and O–H groups in total. The molecule has 0 aliphatic carbocycles. The van der Waals surface area contributed by atoms with Crippen LogP contribution in [0.4, 0.5) is 0 Å². The average Bonchev–Trinajstić information content (AvgIpc) is 2.49. The van der Waals surface area contributed by atoms with Crippen LogP contribution in [0.15, 0.2) is 48.9 Å². The molecule has 2 rings (SSSR count). The molecule has 20 heavy (non-hydrogen) atoms. The van der Waals surface area contributed by atoms with E-state index in [0.29, 0.717) is 18.8 Å². The summed E-state index contributed by atoms with van der Waals surface area (Å²) in [5.74, 6) is -0.317. The fourth-order valence-corrected chi connectivity index (χ4v) is 1.86. The molecule has 2 aromatic rings. The van der Waals surface area contributed by atoms with Crippen molar-refractivity contribution in [3.63, 3.8) is 0 Å². The number of esters is 1. The van der Waals surface area contributed by atoms with Gasteiger partial charge in [0.2, 0.25) is 0 Å². The van der Waals surface area contributed by atoms with E-state index in [4.69, 9.17) is 4.74 Å². The van der Waals surface area contributed by atoms with Crippen molar-refractivity contribution in [2.24, 2.45) is 0 Å². The van der Waals surface area contributed by atoms with E-state index < -0.39 is 0 Å². The van der Waals surface area contributed by atoms with Crippen molar-refractivity contribution in [2.75, 3.05) is 6.61 Å². The van der Waals surface area contributed by atoms with Crippen LogP contribution < -0.4 is 4.57 Å². The summed E-state index contributed by atoms with van der Waals surface area (Å²) in [4.78, 5) is 16.1. The van der Waals surface area contributed by atoms with Crippen molar-refractivity contribution >= 4 is 5.97 Å². The molecule has 1 aromatic carbocycles. The van der Waals surface area contributed by atoms with Crippen LogP contribution in [0.3, 0.4) is 0 Å². The van der Waals surface area contributed by atoms with Gasteiger partial charge in [0.05, 0.1) is 12.8 Å². The largest absolute Gasteiger partial charge is 0.458 e. The van der Waals surface area contributed by atoms with Crippen LogP contribution in [0.2, 0.25) is 0 Å². The number of aromatic nitrogens is 2. The summed E-state index contributed by atoms with van der Waals surface area (Å²) in [5.41, 5.74) is 1.61. The Hall–Kier alpha value is -2.23. The normalized spacial score (nSPS) is 10.2. The third kappa shape index (κ3) is 3.88. The monoisotopic (exact) mass is 271 g/mol. The Labute approximate surface area is 119 Å². The molecule has 104 valence electrons. The summed E-state index contributed by atoms with van der Waals surface area (Å²) >= 11 is 0. The van der Waals surface area contributed by atoms with Crippen LogP contribution in [-0.2, 0) is 11.3 Å². The highest BCUT2D eigenvalue weighted by molar-refractivity contribution is 5.85. The summed E-state index contributed by atoms with van der Waals surface area (Å²) < 4.78 is 7.10. The van der Waals surface area contributed by atoms with Crippen molar-refractivity contribution in [3.05, 3.63) is 60.2 Å². The lowest BCUT2D eigenvalue weighted by Crippen LogP contribution is -2.41. The lowest BCUT2D eigenvalue weighted by Gasteiger charge is -2.04. The molecule has 0 unspecified atom stereocenters. The zero-order valence-electron chi connectivity index (χ0n) is 11.7. The molecule has 0 atom stereocenters. The molecule has 0 saturated heterocycles. The molecule has 1 aromatic heterocycles. The second-order valence-corrected chi connectivity index (χ2v) is 4.56. The fraction of sp³-hybridized carbons (Fsp3) is 0.312. The molecule has 0 spiro atoms. The van der Waals surface area contributed by atoms with Crippen molar-refractivity contribution in [3.8, 4) is 0 Å². The Morgan fingerprint density at radius 2 is 2.10 bits per heavy atom. The van der Waals surface area contributed by atoms with Gasteiger partial charge >= 0.3 is 11.7 Å². The number of carbonyl (C=O) groups excluding carboxylic acids is 1. The standard InChI is InChI=1S/C16H19N2O2/c1-2-3-11-20-16(19)15-12-17-9-10-18(15)13-14-7-5-4-6-8-14/h4-10,12H,2-3,11,13H2,1H3/q+1. The number of benzene rings is 1. The Morgan fingerprint density at radius 3 is 2.85 bits per heavy atom. The van der Waals surface area contributed by atoms with Gasteiger partial charge in [0.25, 0.3) is 0 Å². The topological polar surface area (TPSA) is 43.1 Å². The predicted molar refractivity (Wildman–Crippen MR) is 75.2 cm³/mol. The molecule has 1 heterocycles. The molecular formula is C16H19N2O2+. The molecule has 0 amide bonds. The number of hydrogen-bond donors (Lipinski definition) is 0. The van der Waals surface area contributed by atoms with Gasteiger partial charge in [-0.1, -0.05) is 43.7 Å². The van der Waals surface area contributed by atoms with Crippen molar-refractivity contribution < 1.29 is 14.1 Å². The molecule has 0 aliphatic rings. The molecule has 0 saturated carbocycles. The van der Waals surface area contributed by atoms with E-state index in [9.17, 15) is 4.79 Å². The van der Waals surface area contributed by atoms with Gasteiger partial charge in [-0.3, -0.25) is 4.98 Å². The second kappa shape index (κ2) is 7.38. The number of rotatable bonds is 6. The average molecular weight is 271 g/mol. The minimum Gasteiger partial charge on any atom is -0.458 e. The van der Waals surface area contributed by atoms with Crippen molar-refractivity contribution in [2.45, 2.75) is 26.3 Å². The first kappa shape index (κ1) is 14.2. The SMILES string of the molecule is CCCCOC(=O)c1cncc[n+]1Cc1ccccc1. The first-order valence-electron chi connectivity index (χ1n) is 6.85. The van der Waals surface area contributed by atoms with Gasteiger partial charge in [-0.15, -0.1) is 0 Å². The van der Waals surface area contributed by atoms with Crippen LogP contribution in [0.25, 0.3) is 0 Å². The Kier molecular flexibility index (Phi) is 5.24. The number of nitrogens with zero attached hydrogens (tertiary/aromatic N) is 2. The number of ether oxygens (including phenoxy) is 1. The van der Waals surface area contributed by atoms with E-state index in [-0.39, 0.29) is 5.97 Å². The minimum absolute atomic E-state index is 0.317. The zero-order chi connectivity index (χ0) is 14.2. The highest BCUT2D eigenvalue weighted by atomic mass is 16.5. The van der Waals surface area contributed by atoms with E-state index >= 15 is 0 Å². The summed E-state index contributed by atoms with van der Waals surface area (Å²) in [7, 11) is 0. The molecular weight excluding hydrogens is 252 g/mol. The van der Waals surface area contributed by atoms with Crippen LogP contribution >= 0.6 is 0 Å². The maximum atomic E-state index is 12.0. The van der Waals surface area contributed by atoms with Gasteiger partial charge in [0.1, 0.15) is 6.20 Å². The van der Waals surface area contributed by atoms with E-state index in [1.165, 1.54) is 0 Å². The zero-order valence-corrected chi connectivity index (χ0v) is 11.7. The quantitative estimate of drug-likeness (QED) is 0.460. The van der Waals surface area contributed by atoms with E-state index in [1.807, 2.05) is 34.9 Å². The van der Waals surface area contributed by atoms with Gasteiger partial charge in [-0.05, 0) is 6.42 Å². The number of carbonyl (C=O) groups is 1. The van der Waals surface area contributed by atoms with Gasteiger partial charge in [-0.2, -0.15) is 4.57 Å². The van der Waals surface area contributed by atoms with Crippen molar-refractivity contribution in [1.82, 2.24) is 4.98 Å². The third-order valence-electron chi connectivity index (χ3n) is 2.97. The minimum atomic E-state index is -0.317. The van der Waals surface area contributed by atoms with Crippen LogP contribution in [0.5, 0.6) is 0 Å². The van der Waals surface area contributed by atoms with E-state index in [2.05, 4.69) is 11.9 Å². The Morgan fingerprint density at radius 1 is 1.30 bits per heavy atom. The summed E-state index contributed by atoms with van der Waals surface area (Å²) in [5, 5.41) is 0. The lowest BCUT2D eigenvalue weighted by molar-refractivity contribution is -0.691. The van der Waals surface area contributed by atoms with Gasteiger partial charge in [0.15, 0.2) is 12.7 Å². The molecule has 0 bridgehead atoms.